The van der Waals surface area contributed by atoms with Crippen LogP contribution in [0.1, 0.15) is 29.7 Å². The topological polar surface area (TPSA) is 61.8 Å². The molecule has 0 spiro atoms. The van der Waals surface area contributed by atoms with Gasteiger partial charge in [-0.2, -0.15) is 0 Å². The SMILES string of the molecule is NC(CC1(CN2CCc3sccc3C2)CC1)=NO. The molecule has 2 heterocycles. The summed E-state index contributed by atoms with van der Waals surface area (Å²) in [6.07, 6.45) is 4.32. The molecule has 0 saturated heterocycles. The molecule has 1 aromatic heterocycles. The van der Waals surface area contributed by atoms with Gasteiger partial charge in [-0.1, -0.05) is 5.16 Å². The fourth-order valence-corrected chi connectivity index (χ4v) is 3.79. The lowest BCUT2D eigenvalue weighted by Gasteiger charge is -2.30. The summed E-state index contributed by atoms with van der Waals surface area (Å²) in [5.41, 5.74) is 7.42. The van der Waals surface area contributed by atoms with Crippen LogP contribution in [0.15, 0.2) is 16.6 Å². The minimum absolute atomic E-state index is 0.282. The Balaban J connectivity index is 1.61. The van der Waals surface area contributed by atoms with Crippen LogP contribution in [0.5, 0.6) is 0 Å². The predicted octanol–water partition coefficient (Wildman–Crippen LogP) is 2.02. The van der Waals surface area contributed by atoms with Crippen molar-refractivity contribution in [2.75, 3.05) is 13.1 Å². The second kappa shape index (κ2) is 4.55. The van der Waals surface area contributed by atoms with Crippen molar-refractivity contribution < 1.29 is 5.21 Å². The number of hydrogen-bond acceptors (Lipinski definition) is 4. The van der Waals surface area contributed by atoms with E-state index in [1.54, 1.807) is 4.88 Å². The lowest BCUT2D eigenvalue weighted by Crippen LogP contribution is -2.36. The Morgan fingerprint density at radius 3 is 3.11 bits per heavy atom. The first-order valence-corrected chi connectivity index (χ1v) is 7.33. The summed E-state index contributed by atoms with van der Waals surface area (Å²) >= 11 is 1.88. The van der Waals surface area contributed by atoms with Crippen molar-refractivity contribution in [2.45, 2.75) is 32.2 Å². The zero-order valence-electron chi connectivity index (χ0n) is 10.4. The first-order valence-electron chi connectivity index (χ1n) is 6.45. The summed E-state index contributed by atoms with van der Waals surface area (Å²) in [5, 5.41) is 14.0. The number of thiophene rings is 1. The third-order valence-electron chi connectivity index (χ3n) is 4.09. The van der Waals surface area contributed by atoms with Gasteiger partial charge in [0, 0.05) is 30.9 Å². The molecule has 3 N–H and O–H groups in total. The Labute approximate surface area is 111 Å². The van der Waals surface area contributed by atoms with E-state index in [1.165, 1.54) is 24.8 Å². The number of hydrogen-bond donors (Lipinski definition) is 2. The van der Waals surface area contributed by atoms with Crippen LogP contribution >= 0.6 is 11.3 Å². The van der Waals surface area contributed by atoms with Gasteiger partial charge in [0.05, 0.1) is 0 Å². The number of fused-ring (bicyclic) bond motifs is 1. The Hall–Kier alpha value is -1.07. The van der Waals surface area contributed by atoms with Crippen LogP contribution in [0.3, 0.4) is 0 Å². The maximum atomic E-state index is 8.68. The highest BCUT2D eigenvalue weighted by molar-refractivity contribution is 7.10. The highest BCUT2D eigenvalue weighted by Gasteiger charge is 2.44. The Morgan fingerprint density at radius 1 is 1.56 bits per heavy atom. The molecule has 98 valence electrons. The highest BCUT2D eigenvalue weighted by Crippen LogP contribution is 2.49. The van der Waals surface area contributed by atoms with Crippen LogP contribution in [0.2, 0.25) is 0 Å². The van der Waals surface area contributed by atoms with Crippen LogP contribution in [0, 0.1) is 5.41 Å². The summed E-state index contributed by atoms with van der Waals surface area (Å²) in [7, 11) is 0. The van der Waals surface area contributed by atoms with E-state index in [0.29, 0.717) is 5.84 Å². The molecule has 0 radical (unpaired) electrons. The first-order chi connectivity index (χ1) is 8.71. The lowest BCUT2D eigenvalue weighted by atomic mass is 9.99. The third-order valence-corrected chi connectivity index (χ3v) is 5.11. The molecular formula is C13H19N3OS. The van der Waals surface area contributed by atoms with E-state index in [-0.39, 0.29) is 5.41 Å². The van der Waals surface area contributed by atoms with Gasteiger partial charge >= 0.3 is 0 Å². The molecule has 0 unspecified atom stereocenters. The minimum Gasteiger partial charge on any atom is -0.409 e. The average molecular weight is 265 g/mol. The van der Waals surface area contributed by atoms with Crippen molar-refractivity contribution in [3.05, 3.63) is 21.9 Å². The molecule has 1 aromatic rings. The van der Waals surface area contributed by atoms with Gasteiger partial charge < -0.3 is 10.9 Å². The molecule has 3 rings (SSSR count). The van der Waals surface area contributed by atoms with Gasteiger partial charge in [-0.3, -0.25) is 4.90 Å². The van der Waals surface area contributed by atoms with Gasteiger partial charge in [0.2, 0.25) is 0 Å². The van der Waals surface area contributed by atoms with E-state index in [0.717, 1.165) is 26.1 Å². The van der Waals surface area contributed by atoms with Gasteiger partial charge in [0.1, 0.15) is 5.84 Å². The average Bonchev–Trinajstić information content (AvgIpc) is 2.94. The van der Waals surface area contributed by atoms with Crippen LogP contribution in [-0.4, -0.2) is 29.0 Å². The van der Waals surface area contributed by atoms with Gasteiger partial charge in [-0.25, -0.2) is 0 Å². The van der Waals surface area contributed by atoms with E-state index in [4.69, 9.17) is 10.9 Å². The molecule has 0 bridgehead atoms. The summed E-state index contributed by atoms with van der Waals surface area (Å²) < 4.78 is 0. The number of oxime groups is 1. The van der Waals surface area contributed by atoms with Crippen molar-refractivity contribution in [3.8, 4) is 0 Å². The van der Waals surface area contributed by atoms with Gasteiger partial charge in [0.15, 0.2) is 0 Å². The second-order valence-electron chi connectivity index (χ2n) is 5.60. The monoisotopic (exact) mass is 265 g/mol. The molecule has 0 atom stereocenters. The third kappa shape index (κ3) is 2.37. The Morgan fingerprint density at radius 2 is 2.39 bits per heavy atom. The first kappa shape index (κ1) is 12.0. The van der Waals surface area contributed by atoms with Crippen molar-refractivity contribution in [1.29, 1.82) is 0 Å². The summed E-state index contributed by atoms with van der Waals surface area (Å²) in [5.74, 6) is 0.376. The van der Waals surface area contributed by atoms with E-state index < -0.39 is 0 Å². The van der Waals surface area contributed by atoms with Crippen LogP contribution in [-0.2, 0) is 13.0 Å². The van der Waals surface area contributed by atoms with E-state index in [2.05, 4.69) is 21.5 Å². The molecule has 2 aliphatic rings. The fraction of sp³-hybridized carbons (Fsp3) is 0.615. The van der Waals surface area contributed by atoms with E-state index >= 15 is 0 Å². The number of nitrogens with zero attached hydrogens (tertiary/aromatic N) is 2. The summed E-state index contributed by atoms with van der Waals surface area (Å²) in [6, 6.07) is 2.25. The van der Waals surface area contributed by atoms with Crippen molar-refractivity contribution in [3.63, 3.8) is 0 Å². The van der Waals surface area contributed by atoms with Crippen molar-refractivity contribution >= 4 is 17.2 Å². The van der Waals surface area contributed by atoms with E-state index in [1.807, 2.05) is 11.3 Å². The van der Waals surface area contributed by atoms with Crippen molar-refractivity contribution in [1.82, 2.24) is 4.90 Å². The molecule has 4 nitrogen and oxygen atoms in total. The minimum atomic E-state index is 0.282. The largest absolute Gasteiger partial charge is 0.409 e. The number of amidine groups is 1. The Kier molecular flexibility index (Phi) is 3.03. The molecule has 0 amide bonds. The van der Waals surface area contributed by atoms with Gasteiger partial charge in [0.25, 0.3) is 0 Å². The molecule has 0 aromatic carbocycles. The zero-order chi connectivity index (χ0) is 12.6. The maximum Gasteiger partial charge on any atom is 0.139 e. The lowest BCUT2D eigenvalue weighted by molar-refractivity contribution is 0.205. The second-order valence-corrected chi connectivity index (χ2v) is 6.60. The maximum absolute atomic E-state index is 8.68. The quantitative estimate of drug-likeness (QED) is 0.379. The molecule has 1 fully saturated rings. The van der Waals surface area contributed by atoms with Gasteiger partial charge in [-0.15, -0.1) is 11.3 Å². The number of rotatable bonds is 4. The highest BCUT2D eigenvalue weighted by atomic mass is 32.1. The van der Waals surface area contributed by atoms with E-state index in [9.17, 15) is 0 Å². The number of nitrogens with two attached hydrogens (primary N) is 1. The molecular weight excluding hydrogens is 246 g/mol. The van der Waals surface area contributed by atoms with Gasteiger partial charge in [-0.05, 0) is 41.7 Å². The molecule has 5 heteroatoms. The van der Waals surface area contributed by atoms with Crippen LogP contribution in [0.25, 0.3) is 0 Å². The van der Waals surface area contributed by atoms with Crippen molar-refractivity contribution in [2.24, 2.45) is 16.3 Å². The molecule has 1 saturated carbocycles. The predicted molar refractivity (Wildman–Crippen MR) is 73.0 cm³/mol. The normalized spacial score (nSPS) is 22.8. The standard InChI is InChI=1S/C13H19N3OS/c14-12(15-17)7-13(3-4-13)9-16-5-1-11-10(8-16)2-6-18-11/h2,6,17H,1,3-5,7-9H2,(H2,14,15). The molecule has 18 heavy (non-hydrogen) atoms. The fourth-order valence-electron chi connectivity index (χ4n) is 2.90. The van der Waals surface area contributed by atoms with Crippen LogP contribution in [0.4, 0.5) is 0 Å². The van der Waals surface area contributed by atoms with Crippen LogP contribution < -0.4 is 5.73 Å². The molecule has 1 aliphatic heterocycles. The zero-order valence-corrected chi connectivity index (χ0v) is 11.2. The Bertz CT molecular complexity index is 465. The summed E-state index contributed by atoms with van der Waals surface area (Å²) in [6.45, 7) is 3.29. The smallest absolute Gasteiger partial charge is 0.139 e. The molecule has 1 aliphatic carbocycles. The summed E-state index contributed by atoms with van der Waals surface area (Å²) in [4.78, 5) is 4.07.